The van der Waals surface area contributed by atoms with Crippen LogP contribution in [0.25, 0.3) is 0 Å². The van der Waals surface area contributed by atoms with Crippen molar-refractivity contribution in [1.29, 1.82) is 0 Å². The van der Waals surface area contributed by atoms with Gasteiger partial charge in [0.25, 0.3) is 0 Å². The van der Waals surface area contributed by atoms with E-state index in [4.69, 9.17) is 0 Å². The fourth-order valence-corrected chi connectivity index (χ4v) is 2.77. The van der Waals surface area contributed by atoms with Crippen molar-refractivity contribution in [3.63, 3.8) is 0 Å². The molecule has 0 fully saturated rings. The second-order valence-corrected chi connectivity index (χ2v) is 6.25. The van der Waals surface area contributed by atoms with Gasteiger partial charge in [0.1, 0.15) is 0 Å². The molecule has 0 aliphatic heterocycles. The standard InChI is InChI=1S/C18H31N/c1-6-16(5)13-18(7-2,14-19-15(3)4)17-11-9-8-10-12-17/h8-12,15-16,19H,6-7,13-14H2,1-5H3. The summed E-state index contributed by atoms with van der Waals surface area (Å²) in [6, 6.07) is 11.6. The molecular formula is C18H31N. The number of rotatable bonds is 8. The van der Waals surface area contributed by atoms with E-state index < -0.39 is 0 Å². The van der Waals surface area contributed by atoms with Crippen molar-refractivity contribution < 1.29 is 0 Å². The zero-order valence-corrected chi connectivity index (χ0v) is 13.4. The Balaban J connectivity index is 2.99. The summed E-state index contributed by atoms with van der Waals surface area (Å²) in [6.07, 6.45) is 3.72. The second kappa shape index (κ2) is 7.69. The van der Waals surface area contributed by atoms with Crippen molar-refractivity contribution in [2.24, 2.45) is 5.92 Å². The third kappa shape index (κ3) is 4.65. The third-order valence-electron chi connectivity index (χ3n) is 4.35. The normalized spacial score (nSPS) is 16.3. The molecule has 1 rings (SSSR count). The lowest BCUT2D eigenvalue weighted by Crippen LogP contribution is -2.41. The maximum absolute atomic E-state index is 3.67. The van der Waals surface area contributed by atoms with Crippen LogP contribution in [0.4, 0.5) is 0 Å². The van der Waals surface area contributed by atoms with E-state index >= 15 is 0 Å². The maximum atomic E-state index is 3.67. The van der Waals surface area contributed by atoms with E-state index in [1.165, 1.54) is 24.8 Å². The van der Waals surface area contributed by atoms with Crippen molar-refractivity contribution in [2.45, 2.75) is 65.3 Å². The monoisotopic (exact) mass is 261 g/mol. The van der Waals surface area contributed by atoms with Gasteiger partial charge in [0.2, 0.25) is 0 Å². The first-order valence-corrected chi connectivity index (χ1v) is 7.83. The Bertz CT molecular complexity index is 344. The minimum absolute atomic E-state index is 0.279. The van der Waals surface area contributed by atoms with Crippen LogP contribution in [0, 0.1) is 5.92 Å². The summed E-state index contributed by atoms with van der Waals surface area (Å²) in [5.41, 5.74) is 1.77. The predicted octanol–water partition coefficient (Wildman–Crippen LogP) is 4.77. The van der Waals surface area contributed by atoms with E-state index in [0.29, 0.717) is 6.04 Å². The van der Waals surface area contributed by atoms with Gasteiger partial charge in [-0.3, -0.25) is 0 Å². The van der Waals surface area contributed by atoms with Gasteiger partial charge in [-0.2, -0.15) is 0 Å². The van der Waals surface area contributed by atoms with Gasteiger partial charge in [0, 0.05) is 18.0 Å². The molecule has 0 aromatic heterocycles. The molecule has 2 atom stereocenters. The smallest absolute Gasteiger partial charge is 0.00777 e. The molecule has 0 saturated carbocycles. The Morgan fingerprint density at radius 1 is 1.05 bits per heavy atom. The van der Waals surface area contributed by atoms with E-state index in [0.717, 1.165) is 12.5 Å². The summed E-state index contributed by atoms with van der Waals surface area (Å²) in [5, 5.41) is 3.67. The second-order valence-electron chi connectivity index (χ2n) is 6.25. The van der Waals surface area contributed by atoms with Crippen LogP contribution in [0.1, 0.15) is 59.4 Å². The summed E-state index contributed by atoms with van der Waals surface area (Å²) in [5.74, 6) is 0.772. The average Bonchev–Trinajstić information content (AvgIpc) is 2.44. The highest BCUT2D eigenvalue weighted by Crippen LogP contribution is 2.35. The molecule has 0 radical (unpaired) electrons. The lowest BCUT2D eigenvalue weighted by molar-refractivity contribution is 0.289. The molecule has 2 unspecified atom stereocenters. The first-order chi connectivity index (χ1) is 9.04. The minimum atomic E-state index is 0.279. The highest BCUT2D eigenvalue weighted by molar-refractivity contribution is 5.26. The van der Waals surface area contributed by atoms with E-state index in [2.05, 4.69) is 70.3 Å². The van der Waals surface area contributed by atoms with Crippen LogP contribution in [-0.4, -0.2) is 12.6 Å². The molecule has 19 heavy (non-hydrogen) atoms. The Labute approximate surface area is 119 Å². The van der Waals surface area contributed by atoms with E-state index in [1.54, 1.807) is 0 Å². The van der Waals surface area contributed by atoms with Gasteiger partial charge in [-0.25, -0.2) is 0 Å². The first-order valence-electron chi connectivity index (χ1n) is 7.83. The summed E-state index contributed by atoms with van der Waals surface area (Å²) in [7, 11) is 0. The molecule has 0 aliphatic carbocycles. The zero-order valence-electron chi connectivity index (χ0n) is 13.4. The Kier molecular flexibility index (Phi) is 6.57. The summed E-state index contributed by atoms with van der Waals surface area (Å²) in [6.45, 7) is 12.5. The summed E-state index contributed by atoms with van der Waals surface area (Å²) in [4.78, 5) is 0. The van der Waals surface area contributed by atoms with Crippen LogP contribution in [-0.2, 0) is 5.41 Å². The van der Waals surface area contributed by atoms with E-state index in [1.807, 2.05) is 0 Å². The quantitative estimate of drug-likeness (QED) is 0.711. The largest absolute Gasteiger partial charge is 0.314 e. The third-order valence-corrected chi connectivity index (χ3v) is 4.35. The highest BCUT2D eigenvalue weighted by Gasteiger charge is 2.31. The fraction of sp³-hybridized carbons (Fsp3) is 0.667. The molecule has 1 aromatic carbocycles. The first kappa shape index (κ1) is 16.2. The Morgan fingerprint density at radius 3 is 2.16 bits per heavy atom. The molecule has 0 bridgehead atoms. The molecular weight excluding hydrogens is 230 g/mol. The van der Waals surface area contributed by atoms with Gasteiger partial charge in [-0.1, -0.05) is 71.4 Å². The molecule has 1 aromatic rings. The van der Waals surface area contributed by atoms with Gasteiger partial charge < -0.3 is 5.32 Å². The number of benzene rings is 1. The molecule has 0 spiro atoms. The SMILES string of the molecule is CCC(C)CC(CC)(CNC(C)C)c1ccccc1. The molecule has 1 heteroatoms. The van der Waals surface area contributed by atoms with Crippen molar-refractivity contribution >= 4 is 0 Å². The molecule has 0 saturated heterocycles. The van der Waals surface area contributed by atoms with E-state index in [9.17, 15) is 0 Å². The van der Waals surface area contributed by atoms with Crippen molar-refractivity contribution in [2.75, 3.05) is 6.54 Å². The number of hydrogen-bond donors (Lipinski definition) is 1. The van der Waals surface area contributed by atoms with Gasteiger partial charge in [-0.15, -0.1) is 0 Å². The van der Waals surface area contributed by atoms with Crippen molar-refractivity contribution in [1.82, 2.24) is 5.32 Å². The van der Waals surface area contributed by atoms with Gasteiger partial charge in [0.15, 0.2) is 0 Å². The van der Waals surface area contributed by atoms with Gasteiger partial charge in [-0.05, 0) is 24.3 Å². The maximum Gasteiger partial charge on any atom is 0.00777 e. The summed E-state index contributed by atoms with van der Waals surface area (Å²) >= 11 is 0. The molecule has 0 amide bonds. The molecule has 0 aliphatic rings. The summed E-state index contributed by atoms with van der Waals surface area (Å²) < 4.78 is 0. The molecule has 1 nitrogen and oxygen atoms in total. The fourth-order valence-electron chi connectivity index (χ4n) is 2.77. The number of nitrogens with one attached hydrogen (secondary N) is 1. The van der Waals surface area contributed by atoms with Crippen molar-refractivity contribution in [3.05, 3.63) is 35.9 Å². The van der Waals surface area contributed by atoms with Crippen LogP contribution >= 0.6 is 0 Å². The van der Waals surface area contributed by atoms with Crippen molar-refractivity contribution in [3.8, 4) is 0 Å². The lowest BCUT2D eigenvalue weighted by Gasteiger charge is -2.37. The predicted molar refractivity (Wildman–Crippen MR) is 85.6 cm³/mol. The van der Waals surface area contributed by atoms with Gasteiger partial charge in [0.05, 0.1) is 0 Å². The minimum Gasteiger partial charge on any atom is -0.314 e. The Hall–Kier alpha value is -0.820. The zero-order chi connectivity index (χ0) is 14.3. The van der Waals surface area contributed by atoms with Gasteiger partial charge >= 0.3 is 0 Å². The lowest BCUT2D eigenvalue weighted by atomic mass is 9.71. The van der Waals surface area contributed by atoms with Crippen LogP contribution < -0.4 is 5.32 Å². The van der Waals surface area contributed by atoms with Crippen LogP contribution in [0.5, 0.6) is 0 Å². The molecule has 1 N–H and O–H groups in total. The highest BCUT2D eigenvalue weighted by atomic mass is 14.9. The van der Waals surface area contributed by atoms with E-state index in [-0.39, 0.29) is 5.41 Å². The molecule has 0 heterocycles. The molecule has 108 valence electrons. The average molecular weight is 261 g/mol. The van der Waals surface area contributed by atoms with Crippen LogP contribution in [0.2, 0.25) is 0 Å². The topological polar surface area (TPSA) is 12.0 Å². The number of hydrogen-bond acceptors (Lipinski definition) is 1. The van der Waals surface area contributed by atoms with Crippen LogP contribution in [0.15, 0.2) is 30.3 Å². The Morgan fingerprint density at radius 2 is 1.68 bits per heavy atom. The van der Waals surface area contributed by atoms with Crippen LogP contribution in [0.3, 0.4) is 0 Å².